The predicted molar refractivity (Wildman–Crippen MR) is 132 cm³/mol. The van der Waals surface area contributed by atoms with Crippen molar-refractivity contribution in [1.82, 2.24) is 19.7 Å². The Kier molecular flexibility index (Phi) is 6.11. The van der Waals surface area contributed by atoms with Gasteiger partial charge < -0.3 is 5.32 Å². The smallest absolute Gasteiger partial charge is 0.258 e. The van der Waals surface area contributed by atoms with Gasteiger partial charge in [-0.05, 0) is 37.5 Å². The molecule has 168 valence electrons. The summed E-state index contributed by atoms with van der Waals surface area (Å²) in [5.74, 6) is -0.278. The fourth-order valence-corrected chi connectivity index (χ4v) is 4.66. The summed E-state index contributed by atoms with van der Waals surface area (Å²) in [5.41, 5.74) is 4.27. The lowest BCUT2D eigenvalue weighted by Crippen LogP contribution is -2.34. The first kappa shape index (κ1) is 21.6. The molecule has 0 atom stereocenters. The predicted octanol–water partition coefficient (Wildman–Crippen LogP) is 5.48. The number of halogens is 1. The summed E-state index contributed by atoms with van der Waals surface area (Å²) in [4.78, 5) is 19.8. The minimum absolute atomic E-state index is 0.269. The highest BCUT2D eigenvalue weighted by molar-refractivity contribution is 6.38. The first-order valence-electron chi connectivity index (χ1n) is 11.2. The number of rotatable bonds is 5. The number of likely N-dealkylation sites (tertiary alicyclic amines) is 1. The lowest BCUT2D eigenvalue weighted by atomic mass is 10.0. The Morgan fingerprint density at radius 1 is 1.06 bits per heavy atom. The van der Waals surface area contributed by atoms with Gasteiger partial charge in [0, 0.05) is 31.5 Å². The van der Waals surface area contributed by atoms with E-state index in [9.17, 15) is 4.79 Å². The number of piperidine rings is 1. The van der Waals surface area contributed by atoms with E-state index < -0.39 is 0 Å². The molecule has 0 bridgehead atoms. The molecule has 1 aliphatic heterocycles. The van der Waals surface area contributed by atoms with Crippen LogP contribution in [0.2, 0.25) is 5.02 Å². The average Bonchev–Trinajstić information content (AvgIpc) is 3.27. The van der Waals surface area contributed by atoms with Gasteiger partial charge in [-0.2, -0.15) is 5.10 Å². The molecule has 0 spiro atoms. The SMILES string of the molecule is Cc1ccc(NC(=O)c2cnc3c(cnn3C3CCN(Cc4ccccc4)CC3)c2Cl)cc1. The van der Waals surface area contributed by atoms with Gasteiger partial charge in [-0.1, -0.05) is 59.6 Å². The van der Waals surface area contributed by atoms with Gasteiger partial charge in [0.2, 0.25) is 0 Å². The number of aromatic nitrogens is 3. The summed E-state index contributed by atoms with van der Waals surface area (Å²) in [6, 6.07) is 18.5. The van der Waals surface area contributed by atoms with Crippen molar-refractivity contribution < 1.29 is 4.79 Å². The number of nitrogens with zero attached hydrogens (tertiary/aromatic N) is 4. The van der Waals surface area contributed by atoms with Gasteiger partial charge in [0.1, 0.15) is 0 Å². The Balaban J connectivity index is 1.29. The maximum absolute atomic E-state index is 12.8. The average molecular weight is 460 g/mol. The van der Waals surface area contributed by atoms with Crippen LogP contribution in [0.3, 0.4) is 0 Å². The molecular weight excluding hydrogens is 434 g/mol. The van der Waals surface area contributed by atoms with Gasteiger partial charge in [0.15, 0.2) is 5.65 Å². The van der Waals surface area contributed by atoms with Crippen molar-refractivity contribution in [3.05, 3.63) is 88.7 Å². The van der Waals surface area contributed by atoms with Crippen LogP contribution in [0.4, 0.5) is 5.69 Å². The molecule has 1 N–H and O–H groups in total. The fourth-order valence-electron chi connectivity index (χ4n) is 4.39. The lowest BCUT2D eigenvalue weighted by Gasteiger charge is -2.32. The monoisotopic (exact) mass is 459 g/mol. The number of anilines is 1. The molecule has 33 heavy (non-hydrogen) atoms. The van der Waals surface area contributed by atoms with Crippen LogP contribution < -0.4 is 5.32 Å². The number of carbonyl (C=O) groups excluding carboxylic acids is 1. The van der Waals surface area contributed by atoms with Crippen molar-refractivity contribution in [2.45, 2.75) is 32.4 Å². The van der Waals surface area contributed by atoms with Crippen molar-refractivity contribution in [2.75, 3.05) is 18.4 Å². The van der Waals surface area contributed by atoms with Crippen molar-refractivity contribution >= 4 is 34.2 Å². The van der Waals surface area contributed by atoms with Gasteiger partial charge in [-0.3, -0.25) is 9.69 Å². The second-order valence-electron chi connectivity index (χ2n) is 8.63. The fraction of sp³-hybridized carbons (Fsp3) is 0.269. The number of pyridine rings is 1. The van der Waals surface area contributed by atoms with Crippen molar-refractivity contribution in [3.8, 4) is 0 Å². The number of benzene rings is 2. The summed E-state index contributed by atoms with van der Waals surface area (Å²) in [6.07, 6.45) is 5.28. The molecule has 5 rings (SSSR count). The summed E-state index contributed by atoms with van der Waals surface area (Å²) >= 11 is 6.63. The number of hydrogen-bond donors (Lipinski definition) is 1. The van der Waals surface area contributed by atoms with E-state index in [1.54, 1.807) is 12.4 Å². The minimum atomic E-state index is -0.278. The van der Waals surface area contributed by atoms with E-state index in [0.717, 1.165) is 49.4 Å². The molecule has 1 aliphatic rings. The van der Waals surface area contributed by atoms with Crippen LogP contribution in [-0.2, 0) is 6.54 Å². The zero-order valence-electron chi connectivity index (χ0n) is 18.5. The molecule has 3 heterocycles. The molecule has 1 saturated heterocycles. The van der Waals surface area contributed by atoms with Gasteiger partial charge in [0.05, 0.1) is 28.2 Å². The minimum Gasteiger partial charge on any atom is -0.322 e. The number of nitrogens with one attached hydrogen (secondary N) is 1. The molecule has 6 nitrogen and oxygen atoms in total. The second kappa shape index (κ2) is 9.33. The van der Waals surface area contributed by atoms with Crippen LogP contribution in [0.15, 0.2) is 67.0 Å². The molecule has 0 unspecified atom stereocenters. The van der Waals surface area contributed by atoms with E-state index in [1.165, 1.54) is 5.56 Å². The Morgan fingerprint density at radius 3 is 2.52 bits per heavy atom. The molecule has 2 aromatic carbocycles. The van der Waals surface area contributed by atoms with E-state index in [4.69, 9.17) is 11.6 Å². The molecule has 4 aromatic rings. The van der Waals surface area contributed by atoms with E-state index in [2.05, 4.69) is 44.6 Å². The van der Waals surface area contributed by atoms with E-state index in [0.29, 0.717) is 16.0 Å². The standard InChI is InChI=1S/C26H26ClN5O/c1-18-7-9-20(10-8-18)30-26(33)23-15-28-25-22(24(23)27)16-29-32(25)21-11-13-31(14-12-21)17-19-5-3-2-4-6-19/h2-10,15-16,21H,11-14,17H2,1H3,(H,30,33). The van der Waals surface area contributed by atoms with Gasteiger partial charge >= 0.3 is 0 Å². The first-order valence-corrected chi connectivity index (χ1v) is 11.6. The number of fused-ring (bicyclic) bond motifs is 1. The van der Waals surface area contributed by atoms with Gasteiger partial charge in [-0.25, -0.2) is 9.67 Å². The third kappa shape index (κ3) is 4.63. The third-order valence-corrected chi connectivity index (χ3v) is 6.67. The molecule has 2 aromatic heterocycles. The second-order valence-corrected chi connectivity index (χ2v) is 9.00. The van der Waals surface area contributed by atoms with Crippen LogP contribution in [0.25, 0.3) is 11.0 Å². The topological polar surface area (TPSA) is 63.1 Å². The Labute approximate surface area is 198 Å². The summed E-state index contributed by atoms with van der Waals surface area (Å²) in [7, 11) is 0. The highest BCUT2D eigenvalue weighted by Crippen LogP contribution is 2.31. The van der Waals surface area contributed by atoms with Gasteiger partial charge in [0.25, 0.3) is 5.91 Å². The molecule has 0 radical (unpaired) electrons. The lowest BCUT2D eigenvalue weighted by molar-refractivity contribution is 0.102. The van der Waals surface area contributed by atoms with Crippen molar-refractivity contribution in [3.63, 3.8) is 0 Å². The van der Waals surface area contributed by atoms with Crippen molar-refractivity contribution in [1.29, 1.82) is 0 Å². The number of aryl methyl sites for hydroxylation is 1. The van der Waals surface area contributed by atoms with Crippen LogP contribution in [-0.4, -0.2) is 38.7 Å². The maximum atomic E-state index is 12.8. The zero-order chi connectivity index (χ0) is 22.8. The van der Waals surface area contributed by atoms with Crippen LogP contribution >= 0.6 is 11.6 Å². The summed E-state index contributed by atoms with van der Waals surface area (Å²) in [5, 5.41) is 8.59. The van der Waals surface area contributed by atoms with E-state index in [1.807, 2.05) is 41.9 Å². The van der Waals surface area contributed by atoms with Crippen LogP contribution in [0.1, 0.15) is 40.4 Å². The normalized spacial score (nSPS) is 15.1. The van der Waals surface area contributed by atoms with Crippen molar-refractivity contribution in [2.24, 2.45) is 0 Å². The first-order chi connectivity index (χ1) is 16.1. The summed E-state index contributed by atoms with van der Waals surface area (Å²) in [6.45, 7) is 4.99. The van der Waals surface area contributed by atoms with Gasteiger partial charge in [-0.15, -0.1) is 0 Å². The number of amides is 1. The largest absolute Gasteiger partial charge is 0.322 e. The molecular formula is C26H26ClN5O. The summed E-state index contributed by atoms with van der Waals surface area (Å²) < 4.78 is 1.97. The van der Waals surface area contributed by atoms with E-state index in [-0.39, 0.29) is 11.9 Å². The molecule has 0 saturated carbocycles. The Morgan fingerprint density at radius 2 is 1.79 bits per heavy atom. The maximum Gasteiger partial charge on any atom is 0.258 e. The number of carbonyl (C=O) groups is 1. The molecule has 1 fully saturated rings. The van der Waals surface area contributed by atoms with Crippen LogP contribution in [0.5, 0.6) is 0 Å². The highest BCUT2D eigenvalue weighted by Gasteiger charge is 2.24. The highest BCUT2D eigenvalue weighted by atomic mass is 35.5. The van der Waals surface area contributed by atoms with Crippen LogP contribution in [0, 0.1) is 6.92 Å². The molecule has 7 heteroatoms. The zero-order valence-corrected chi connectivity index (χ0v) is 19.3. The quantitative estimate of drug-likeness (QED) is 0.429. The molecule has 0 aliphatic carbocycles. The third-order valence-electron chi connectivity index (χ3n) is 6.26. The molecule has 1 amide bonds. The number of hydrogen-bond acceptors (Lipinski definition) is 4. The van der Waals surface area contributed by atoms with E-state index >= 15 is 0 Å². The Bertz CT molecular complexity index is 1260. The Hall–Kier alpha value is -3.22.